The van der Waals surface area contributed by atoms with E-state index < -0.39 is 0 Å². The molecule has 2 aliphatic rings. The van der Waals surface area contributed by atoms with Crippen LogP contribution in [0.2, 0.25) is 0 Å². The number of benzene rings is 1. The smallest absolute Gasteiger partial charge is 0.273 e. The zero-order valence-electron chi connectivity index (χ0n) is 18.6. The van der Waals surface area contributed by atoms with Crippen LogP contribution in [0.3, 0.4) is 0 Å². The van der Waals surface area contributed by atoms with Gasteiger partial charge in [0.15, 0.2) is 17.2 Å². The zero-order chi connectivity index (χ0) is 22.3. The summed E-state index contributed by atoms with van der Waals surface area (Å²) < 4.78 is 16.2. The largest absolute Gasteiger partial charge is 0.454 e. The average molecular weight is 445 g/mol. The van der Waals surface area contributed by atoms with Crippen LogP contribution in [0.4, 0.5) is 0 Å². The minimum atomic E-state index is -0.274. The summed E-state index contributed by atoms with van der Waals surface area (Å²) in [6.45, 7) is 7.62. The van der Waals surface area contributed by atoms with Gasteiger partial charge in [0.25, 0.3) is 5.91 Å². The van der Waals surface area contributed by atoms with Crippen molar-refractivity contribution < 1.29 is 23.8 Å². The van der Waals surface area contributed by atoms with Crippen LogP contribution in [0.25, 0.3) is 0 Å². The molecule has 2 aliphatic heterocycles. The predicted molar refractivity (Wildman–Crippen MR) is 117 cm³/mol. The minimum absolute atomic E-state index is 0.225. The quantitative estimate of drug-likeness (QED) is 0.574. The highest BCUT2D eigenvalue weighted by Gasteiger charge is 2.21. The molecule has 2 aromatic rings. The molecule has 1 aromatic heterocycles. The molecule has 3 heterocycles. The first kappa shape index (κ1) is 22.6. The molecule has 1 saturated heterocycles. The van der Waals surface area contributed by atoms with Gasteiger partial charge in [0.05, 0.1) is 12.6 Å². The van der Waals surface area contributed by atoms with Gasteiger partial charge in [-0.05, 0) is 24.1 Å². The maximum absolute atomic E-state index is 12.4. The number of ether oxygens (including phenoxy) is 2. The molecule has 9 nitrogen and oxygen atoms in total. The van der Waals surface area contributed by atoms with Gasteiger partial charge in [-0.3, -0.25) is 14.6 Å². The van der Waals surface area contributed by atoms with Gasteiger partial charge in [-0.15, -0.1) is 0 Å². The SMILES string of the molecule is CCCC[C@@H](O)CN1CCN(Cc2nc(C(=O)NCc3ccc4c(c3)OCO4)co2)CC1. The number of amides is 1. The Labute approximate surface area is 188 Å². The van der Waals surface area contributed by atoms with E-state index in [1.165, 1.54) is 6.26 Å². The van der Waals surface area contributed by atoms with Crippen molar-refractivity contribution in [3.63, 3.8) is 0 Å². The Kier molecular flexibility index (Phi) is 7.62. The number of nitrogens with one attached hydrogen (secondary N) is 1. The standard InChI is InChI=1S/C23H32N4O5/c1-2-3-4-18(28)13-26-7-9-27(10-8-26)14-22-25-19(15-30-22)23(29)24-12-17-5-6-20-21(11-17)32-16-31-20/h5-6,11,15,18,28H,2-4,7-10,12-14,16H2,1H3,(H,24,29)/t18-/m1/s1. The molecule has 1 amide bonds. The third-order valence-corrected chi connectivity index (χ3v) is 5.86. The number of aliphatic hydroxyl groups is 1. The first-order valence-corrected chi connectivity index (χ1v) is 11.3. The van der Waals surface area contributed by atoms with Gasteiger partial charge in [0, 0.05) is 39.3 Å². The number of rotatable bonds is 10. The third kappa shape index (κ3) is 5.99. The van der Waals surface area contributed by atoms with Gasteiger partial charge in [-0.2, -0.15) is 0 Å². The van der Waals surface area contributed by atoms with Crippen LogP contribution in [0, 0.1) is 0 Å². The number of aromatic nitrogens is 1. The first-order valence-electron chi connectivity index (χ1n) is 11.3. The molecular formula is C23H32N4O5. The Bertz CT molecular complexity index is 894. The molecule has 2 N–H and O–H groups in total. The lowest BCUT2D eigenvalue weighted by atomic mass is 10.1. The number of piperazine rings is 1. The number of hydrogen-bond acceptors (Lipinski definition) is 8. The molecule has 0 radical (unpaired) electrons. The average Bonchev–Trinajstić information content (AvgIpc) is 3.46. The summed E-state index contributed by atoms with van der Waals surface area (Å²) in [4.78, 5) is 21.4. The van der Waals surface area contributed by atoms with E-state index in [1.807, 2.05) is 18.2 Å². The highest BCUT2D eigenvalue weighted by molar-refractivity contribution is 5.91. The van der Waals surface area contributed by atoms with Crippen LogP contribution in [0.5, 0.6) is 11.5 Å². The number of oxazole rings is 1. The second-order valence-corrected chi connectivity index (χ2v) is 8.37. The molecular weight excluding hydrogens is 412 g/mol. The molecule has 0 aliphatic carbocycles. The summed E-state index contributed by atoms with van der Waals surface area (Å²) in [5.41, 5.74) is 1.20. The summed E-state index contributed by atoms with van der Waals surface area (Å²) in [7, 11) is 0. The van der Waals surface area contributed by atoms with Crippen LogP contribution in [-0.4, -0.2) is 71.4 Å². The van der Waals surface area contributed by atoms with Gasteiger partial charge in [-0.1, -0.05) is 25.8 Å². The molecule has 1 fully saturated rings. The Hall–Kier alpha value is -2.62. The number of hydrogen-bond donors (Lipinski definition) is 2. The van der Waals surface area contributed by atoms with Crippen LogP contribution in [0.1, 0.15) is 48.1 Å². The van der Waals surface area contributed by atoms with Gasteiger partial charge in [0.2, 0.25) is 12.7 Å². The van der Waals surface area contributed by atoms with Crippen molar-refractivity contribution in [2.24, 2.45) is 0 Å². The van der Waals surface area contributed by atoms with Crippen LogP contribution in [-0.2, 0) is 13.1 Å². The topological polar surface area (TPSA) is 100 Å². The molecule has 9 heteroatoms. The normalized spacial score (nSPS) is 17.4. The summed E-state index contributed by atoms with van der Waals surface area (Å²) in [5, 5.41) is 13.0. The molecule has 1 atom stereocenters. The Morgan fingerprint density at radius 2 is 1.97 bits per heavy atom. The van der Waals surface area contributed by atoms with Gasteiger partial charge < -0.3 is 24.3 Å². The lowest BCUT2D eigenvalue weighted by Crippen LogP contribution is -2.48. The van der Waals surface area contributed by atoms with E-state index in [2.05, 4.69) is 27.0 Å². The van der Waals surface area contributed by atoms with Crippen molar-refractivity contribution in [2.45, 2.75) is 45.4 Å². The third-order valence-electron chi connectivity index (χ3n) is 5.86. The number of aliphatic hydroxyl groups excluding tert-OH is 1. The lowest BCUT2D eigenvalue weighted by molar-refractivity contribution is 0.0627. The Morgan fingerprint density at radius 3 is 2.78 bits per heavy atom. The fraction of sp³-hybridized carbons (Fsp3) is 0.565. The molecule has 0 spiro atoms. The van der Waals surface area contributed by atoms with Crippen molar-refractivity contribution in [3.8, 4) is 11.5 Å². The van der Waals surface area contributed by atoms with Gasteiger partial charge >= 0.3 is 0 Å². The van der Waals surface area contributed by atoms with Crippen molar-refractivity contribution in [1.82, 2.24) is 20.1 Å². The molecule has 0 unspecified atom stereocenters. The summed E-state index contributed by atoms with van der Waals surface area (Å²) in [6.07, 6.45) is 4.21. The monoisotopic (exact) mass is 444 g/mol. The van der Waals surface area contributed by atoms with Gasteiger partial charge in [0.1, 0.15) is 6.26 Å². The maximum atomic E-state index is 12.4. The maximum Gasteiger partial charge on any atom is 0.273 e. The fourth-order valence-electron chi connectivity index (χ4n) is 3.96. The van der Waals surface area contributed by atoms with E-state index in [-0.39, 0.29) is 24.5 Å². The highest BCUT2D eigenvalue weighted by Crippen LogP contribution is 2.32. The van der Waals surface area contributed by atoms with E-state index in [9.17, 15) is 9.90 Å². The zero-order valence-corrected chi connectivity index (χ0v) is 18.6. The van der Waals surface area contributed by atoms with E-state index in [4.69, 9.17) is 13.9 Å². The Balaban J connectivity index is 1.20. The summed E-state index contributed by atoms with van der Waals surface area (Å²) in [6, 6.07) is 5.59. The fourth-order valence-corrected chi connectivity index (χ4v) is 3.96. The van der Waals surface area contributed by atoms with E-state index >= 15 is 0 Å². The van der Waals surface area contributed by atoms with Gasteiger partial charge in [-0.25, -0.2) is 4.98 Å². The lowest BCUT2D eigenvalue weighted by Gasteiger charge is -2.35. The van der Waals surface area contributed by atoms with Crippen molar-refractivity contribution >= 4 is 5.91 Å². The molecule has 1 aromatic carbocycles. The number of carbonyl (C=O) groups is 1. The first-order chi connectivity index (χ1) is 15.6. The van der Waals surface area contributed by atoms with Crippen molar-refractivity contribution in [1.29, 1.82) is 0 Å². The van der Waals surface area contributed by atoms with E-state index in [1.54, 1.807) is 0 Å². The minimum Gasteiger partial charge on any atom is -0.454 e. The molecule has 4 rings (SSSR count). The van der Waals surface area contributed by atoms with Crippen LogP contribution >= 0.6 is 0 Å². The second-order valence-electron chi connectivity index (χ2n) is 8.37. The second kappa shape index (κ2) is 10.8. The highest BCUT2D eigenvalue weighted by atomic mass is 16.7. The number of unbranched alkanes of at least 4 members (excludes halogenated alkanes) is 1. The molecule has 0 bridgehead atoms. The van der Waals surface area contributed by atoms with Crippen LogP contribution < -0.4 is 14.8 Å². The predicted octanol–water partition coefficient (Wildman–Crippen LogP) is 2.00. The number of fused-ring (bicyclic) bond motifs is 1. The summed E-state index contributed by atoms with van der Waals surface area (Å²) >= 11 is 0. The van der Waals surface area contributed by atoms with E-state index in [0.717, 1.165) is 63.3 Å². The van der Waals surface area contributed by atoms with E-state index in [0.29, 0.717) is 24.7 Å². The number of β-amino-alcohol motifs (C(OH)–C–C–N with tert-alkyl or cyclic N) is 1. The molecule has 32 heavy (non-hydrogen) atoms. The van der Waals surface area contributed by atoms with Crippen LogP contribution in [0.15, 0.2) is 28.9 Å². The summed E-state index contributed by atoms with van der Waals surface area (Å²) in [5.74, 6) is 1.67. The number of nitrogens with zero attached hydrogens (tertiary/aromatic N) is 3. The molecule has 0 saturated carbocycles. The van der Waals surface area contributed by atoms with Crippen molar-refractivity contribution in [2.75, 3.05) is 39.5 Å². The number of carbonyl (C=O) groups excluding carboxylic acids is 1. The van der Waals surface area contributed by atoms with Crippen molar-refractivity contribution in [3.05, 3.63) is 41.6 Å². The Morgan fingerprint density at radius 1 is 1.19 bits per heavy atom. The molecule has 174 valence electrons.